The first-order valence-electron chi connectivity index (χ1n) is 4.27. The first kappa shape index (κ1) is 11.3. The minimum absolute atomic E-state index is 0.584. The van der Waals surface area contributed by atoms with Gasteiger partial charge >= 0.3 is 0 Å². The number of nitrogens with one attached hydrogen (secondary N) is 1. The Labute approximate surface area is 83.9 Å². The predicted molar refractivity (Wildman–Crippen MR) is 54.7 cm³/mol. The molecule has 1 rings (SSSR count). The van der Waals surface area contributed by atoms with Gasteiger partial charge in [-0.15, -0.1) is 0 Å². The molecule has 1 aromatic rings. The van der Waals surface area contributed by atoms with Gasteiger partial charge in [-0.1, -0.05) is 0 Å². The lowest BCUT2D eigenvalue weighted by molar-refractivity contribution is 0.139. The Balaban J connectivity index is 3.07. The Kier molecular flexibility index (Phi) is 2.74. The van der Waals surface area contributed by atoms with E-state index in [0.29, 0.717) is 5.56 Å². The lowest BCUT2D eigenvalue weighted by Crippen LogP contribution is -2.37. The molecule has 0 spiro atoms. The van der Waals surface area contributed by atoms with Crippen LogP contribution in [0.1, 0.15) is 25.5 Å². The van der Waals surface area contributed by atoms with Gasteiger partial charge in [0.2, 0.25) is 0 Å². The van der Waals surface area contributed by atoms with Crippen LogP contribution in [-0.4, -0.2) is 29.5 Å². The number of aromatic nitrogens is 1. The molecule has 2 N–H and O–H groups in total. The summed E-state index contributed by atoms with van der Waals surface area (Å²) in [6, 6.07) is 1.66. The number of hydrogen-bond acceptors (Lipinski definition) is 3. The fourth-order valence-corrected chi connectivity index (χ4v) is 1.65. The number of aliphatic hydroxyl groups excluding tert-OH is 1. The van der Waals surface area contributed by atoms with Gasteiger partial charge in [0.1, 0.15) is 0 Å². The van der Waals surface area contributed by atoms with Gasteiger partial charge in [-0.05, 0) is 25.5 Å². The zero-order chi connectivity index (χ0) is 11.0. The summed E-state index contributed by atoms with van der Waals surface area (Å²) in [7, 11) is -3.29. The molecule has 0 aromatic carbocycles. The van der Waals surface area contributed by atoms with Crippen molar-refractivity contribution in [3.05, 3.63) is 24.0 Å². The molecule has 1 heterocycles. The molecular weight excluding hydrogens is 202 g/mol. The van der Waals surface area contributed by atoms with E-state index in [9.17, 15) is 13.5 Å². The summed E-state index contributed by atoms with van der Waals surface area (Å²) in [4.78, 5) is 2.78. The van der Waals surface area contributed by atoms with Crippen LogP contribution in [0, 0.1) is 0 Å². The number of aliphatic hydroxyl groups is 1. The van der Waals surface area contributed by atoms with Crippen molar-refractivity contribution in [1.82, 2.24) is 4.98 Å². The molecule has 0 fully saturated rings. The van der Waals surface area contributed by atoms with Crippen LogP contribution in [0.4, 0.5) is 0 Å². The Morgan fingerprint density at radius 1 is 1.50 bits per heavy atom. The molecule has 0 aliphatic carbocycles. The second kappa shape index (κ2) is 3.40. The maximum Gasteiger partial charge on any atom is 0.155 e. The first-order chi connectivity index (χ1) is 6.27. The Morgan fingerprint density at radius 3 is 2.43 bits per heavy atom. The maximum atomic E-state index is 11.4. The Bertz CT molecular complexity index is 392. The third kappa shape index (κ3) is 1.83. The van der Waals surface area contributed by atoms with Crippen molar-refractivity contribution in [2.24, 2.45) is 0 Å². The molecule has 1 unspecified atom stereocenters. The third-order valence-corrected chi connectivity index (χ3v) is 4.69. The topological polar surface area (TPSA) is 70.2 Å². The molecule has 1 atom stereocenters. The predicted octanol–water partition coefficient (Wildman–Crippen LogP) is 0.871. The highest BCUT2D eigenvalue weighted by Gasteiger charge is 2.38. The van der Waals surface area contributed by atoms with E-state index in [0.717, 1.165) is 6.26 Å². The van der Waals surface area contributed by atoms with Crippen molar-refractivity contribution in [1.29, 1.82) is 0 Å². The quantitative estimate of drug-likeness (QED) is 0.789. The molecule has 0 saturated heterocycles. The second-order valence-corrected chi connectivity index (χ2v) is 6.52. The van der Waals surface area contributed by atoms with Crippen LogP contribution in [-0.2, 0) is 9.84 Å². The zero-order valence-electron chi connectivity index (χ0n) is 8.48. The summed E-state index contributed by atoms with van der Waals surface area (Å²) in [6.07, 6.45) is 3.36. The third-order valence-electron chi connectivity index (χ3n) is 2.55. The van der Waals surface area contributed by atoms with E-state index in [2.05, 4.69) is 4.98 Å². The molecular formula is C9H15NO3S. The van der Waals surface area contributed by atoms with Crippen molar-refractivity contribution >= 4 is 9.84 Å². The van der Waals surface area contributed by atoms with E-state index in [1.807, 2.05) is 0 Å². The fourth-order valence-electron chi connectivity index (χ4n) is 1.11. The van der Waals surface area contributed by atoms with Crippen molar-refractivity contribution < 1.29 is 13.5 Å². The van der Waals surface area contributed by atoms with Crippen LogP contribution >= 0.6 is 0 Å². The molecule has 14 heavy (non-hydrogen) atoms. The van der Waals surface area contributed by atoms with Crippen LogP contribution in [0.2, 0.25) is 0 Å². The smallest absolute Gasteiger partial charge is 0.155 e. The SMILES string of the molecule is CC(C)(C(O)c1cc[nH]c1)S(C)(=O)=O. The fraction of sp³-hybridized carbons (Fsp3) is 0.556. The average molecular weight is 217 g/mol. The van der Waals surface area contributed by atoms with Crippen LogP contribution in [0.3, 0.4) is 0 Å². The largest absolute Gasteiger partial charge is 0.387 e. The van der Waals surface area contributed by atoms with Gasteiger partial charge < -0.3 is 10.1 Å². The first-order valence-corrected chi connectivity index (χ1v) is 6.16. The van der Waals surface area contributed by atoms with Crippen molar-refractivity contribution in [2.45, 2.75) is 24.7 Å². The highest BCUT2D eigenvalue weighted by atomic mass is 32.2. The normalized spacial score (nSPS) is 15.4. The summed E-state index contributed by atoms with van der Waals surface area (Å²) in [5, 5.41) is 9.87. The minimum atomic E-state index is -3.29. The number of sulfone groups is 1. The molecule has 0 aliphatic heterocycles. The van der Waals surface area contributed by atoms with E-state index in [4.69, 9.17) is 0 Å². The minimum Gasteiger partial charge on any atom is -0.387 e. The molecule has 80 valence electrons. The van der Waals surface area contributed by atoms with Gasteiger partial charge in [0.05, 0.1) is 10.9 Å². The van der Waals surface area contributed by atoms with E-state index in [1.54, 1.807) is 18.5 Å². The molecule has 4 nitrogen and oxygen atoms in total. The van der Waals surface area contributed by atoms with Crippen LogP contribution in [0.25, 0.3) is 0 Å². The summed E-state index contributed by atoms with van der Waals surface area (Å²) in [5.74, 6) is 0. The average Bonchev–Trinajstić information content (AvgIpc) is 2.52. The van der Waals surface area contributed by atoms with Gasteiger partial charge in [-0.3, -0.25) is 0 Å². The van der Waals surface area contributed by atoms with Crippen molar-refractivity contribution in [3.8, 4) is 0 Å². The monoisotopic (exact) mass is 217 g/mol. The van der Waals surface area contributed by atoms with Gasteiger partial charge in [0.15, 0.2) is 9.84 Å². The van der Waals surface area contributed by atoms with Gasteiger partial charge in [-0.25, -0.2) is 8.42 Å². The molecule has 0 aliphatic rings. The Morgan fingerprint density at radius 2 is 2.07 bits per heavy atom. The zero-order valence-corrected chi connectivity index (χ0v) is 9.30. The van der Waals surface area contributed by atoms with Crippen LogP contribution in [0.5, 0.6) is 0 Å². The second-order valence-electron chi connectivity index (χ2n) is 3.92. The lowest BCUT2D eigenvalue weighted by atomic mass is 10.0. The van der Waals surface area contributed by atoms with E-state index in [1.165, 1.54) is 13.8 Å². The lowest BCUT2D eigenvalue weighted by Gasteiger charge is -2.27. The molecule has 0 radical (unpaired) electrons. The van der Waals surface area contributed by atoms with Gasteiger partial charge in [0.25, 0.3) is 0 Å². The molecule has 0 saturated carbocycles. The summed E-state index contributed by atoms with van der Waals surface area (Å²) in [5.41, 5.74) is 0.584. The van der Waals surface area contributed by atoms with Gasteiger partial charge in [0, 0.05) is 18.6 Å². The molecule has 1 aromatic heterocycles. The summed E-state index contributed by atoms with van der Waals surface area (Å²) in [6.45, 7) is 3.03. The number of rotatable bonds is 3. The molecule has 0 bridgehead atoms. The summed E-state index contributed by atoms with van der Waals surface area (Å²) < 4.78 is 21.7. The van der Waals surface area contributed by atoms with E-state index < -0.39 is 20.7 Å². The molecule has 5 heteroatoms. The van der Waals surface area contributed by atoms with E-state index in [-0.39, 0.29) is 0 Å². The standard InChI is InChI=1S/C9H15NO3S/c1-9(2,14(3,12)13)8(11)7-4-5-10-6-7/h4-6,8,10-11H,1-3H3. The highest BCUT2D eigenvalue weighted by Crippen LogP contribution is 2.31. The summed E-state index contributed by atoms with van der Waals surface area (Å²) >= 11 is 0. The van der Waals surface area contributed by atoms with E-state index >= 15 is 0 Å². The molecule has 0 amide bonds. The highest BCUT2D eigenvalue weighted by molar-refractivity contribution is 7.92. The number of H-pyrrole nitrogens is 1. The Hall–Kier alpha value is -0.810. The maximum absolute atomic E-state index is 11.4. The number of hydrogen-bond donors (Lipinski definition) is 2. The van der Waals surface area contributed by atoms with Crippen molar-refractivity contribution in [2.75, 3.05) is 6.26 Å². The number of aromatic amines is 1. The van der Waals surface area contributed by atoms with Gasteiger partial charge in [-0.2, -0.15) is 0 Å². The van der Waals surface area contributed by atoms with Crippen LogP contribution in [0.15, 0.2) is 18.5 Å². The van der Waals surface area contributed by atoms with Crippen LogP contribution < -0.4 is 0 Å². The van der Waals surface area contributed by atoms with Crippen molar-refractivity contribution in [3.63, 3.8) is 0 Å².